The number of halogens is 1. The van der Waals surface area contributed by atoms with Crippen molar-refractivity contribution < 1.29 is 4.21 Å². The molecule has 27 heavy (non-hydrogen) atoms. The van der Waals surface area contributed by atoms with Gasteiger partial charge in [0, 0.05) is 53.5 Å². The molecule has 1 aliphatic heterocycles. The van der Waals surface area contributed by atoms with Gasteiger partial charge < -0.3 is 15.5 Å². The van der Waals surface area contributed by atoms with Gasteiger partial charge in [-0.05, 0) is 42.8 Å². The van der Waals surface area contributed by atoms with Crippen LogP contribution in [0.15, 0.2) is 69.0 Å². The molecule has 0 spiro atoms. The standard InChI is InChI=1S/C20H25BrN4OS/c1-22-20(23-12-14-27(26)19-5-3-2-4-6-19)24-17-11-13-25(15-17)18-9-7-16(21)8-10-18/h2-10,17H,11-15H2,1H3,(H2,22,23,24). The van der Waals surface area contributed by atoms with Gasteiger partial charge in [-0.25, -0.2) is 0 Å². The predicted molar refractivity (Wildman–Crippen MR) is 117 cm³/mol. The molecule has 0 aromatic heterocycles. The molecule has 0 saturated carbocycles. The van der Waals surface area contributed by atoms with E-state index in [1.807, 2.05) is 30.3 Å². The van der Waals surface area contributed by atoms with Crippen LogP contribution in [-0.4, -0.2) is 48.6 Å². The third-order valence-corrected chi connectivity index (χ3v) is 6.43. The van der Waals surface area contributed by atoms with Crippen LogP contribution in [0, 0.1) is 0 Å². The Morgan fingerprint density at radius 2 is 1.96 bits per heavy atom. The van der Waals surface area contributed by atoms with E-state index < -0.39 is 10.8 Å². The number of benzene rings is 2. The van der Waals surface area contributed by atoms with Gasteiger partial charge in [-0.1, -0.05) is 34.1 Å². The summed E-state index contributed by atoms with van der Waals surface area (Å²) in [6.45, 7) is 2.58. The predicted octanol–water partition coefficient (Wildman–Crippen LogP) is 3.00. The second kappa shape index (κ2) is 9.90. The van der Waals surface area contributed by atoms with Gasteiger partial charge in [0.05, 0.1) is 10.8 Å². The summed E-state index contributed by atoms with van der Waals surface area (Å²) in [6.07, 6.45) is 1.06. The van der Waals surface area contributed by atoms with E-state index in [0.717, 1.165) is 34.8 Å². The van der Waals surface area contributed by atoms with Crippen molar-refractivity contribution in [2.45, 2.75) is 17.4 Å². The van der Waals surface area contributed by atoms with Crippen LogP contribution < -0.4 is 15.5 Å². The minimum Gasteiger partial charge on any atom is -0.369 e. The highest BCUT2D eigenvalue weighted by Crippen LogP contribution is 2.22. The van der Waals surface area contributed by atoms with Crippen LogP contribution in [0.5, 0.6) is 0 Å². The van der Waals surface area contributed by atoms with Gasteiger partial charge in [0.25, 0.3) is 0 Å². The number of guanidine groups is 1. The molecule has 0 amide bonds. The van der Waals surface area contributed by atoms with Gasteiger partial charge >= 0.3 is 0 Å². The molecule has 1 heterocycles. The molecule has 2 atom stereocenters. The maximum atomic E-state index is 12.3. The third kappa shape index (κ3) is 5.81. The van der Waals surface area contributed by atoms with Gasteiger partial charge in [0.15, 0.2) is 5.96 Å². The fourth-order valence-electron chi connectivity index (χ4n) is 3.10. The van der Waals surface area contributed by atoms with Gasteiger partial charge in [-0.3, -0.25) is 9.20 Å². The summed E-state index contributed by atoms with van der Waals surface area (Å²) in [5, 5.41) is 6.76. The number of rotatable bonds is 6. The lowest BCUT2D eigenvalue weighted by Gasteiger charge is -2.20. The topological polar surface area (TPSA) is 56.7 Å². The van der Waals surface area contributed by atoms with Crippen LogP contribution in [0.4, 0.5) is 5.69 Å². The first-order valence-electron chi connectivity index (χ1n) is 9.07. The zero-order valence-corrected chi connectivity index (χ0v) is 17.8. The second-order valence-corrected chi connectivity index (χ2v) is 8.90. The Kier molecular flexibility index (Phi) is 7.29. The molecule has 0 aliphatic carbocycles. The molecule has 144 valence electrons. The third-order valence-electron chi connectivity index (χ3n) is 4.53. The molecular formula is C20H25BrN4OS. The number of nitrogens with zero attached hydrogens (tertiary/aromatic N) is 2. The van der Waals surface area contributed by atoms with E-state index in [-0.39, 0.29) is 0 Å². The van der Waals surface area contributed by atoms with Crippen LogP contribution in [0.2, 0.25) is 0 Å². The molecule has 2 unspecified atom stereocenters. The molecule has 2 N–H and O–H groups in total. The van der Waals surface area contributed by atoms with E-state index >= 15 is 0 Å². The summed E-state index contributed by atoms with van der Waals surface area (Å²) in [5.41, 5.74) is 1.24. The first-order valence-corrected chi connectivity index (χ1v) is 11.2. The number of hydrogen-bond donors (Lipinski definition) is 2. The van der Waals surface area contributed by atoms with E-state index in [1.54, 1.807) is 7.05 Å². The normalized spacial score (nSPS) is 18.4. The largest absolute Gasteiger partial charge is 0.369 e. The number of anilines is 1. The van der Waals surface area contributed by atoms with E-state index in [4.69, 9.17) is 0 Å². The summed E-state index contributed by atoms with van der Waals surface area (Å²) in [6, 6.07) is 18.3. The summed E-state index contributed by atoms with van der Waals surface area (Å²) in [5.74, 6) is 1.32. The minimum atomic E-state index is -0.996. The van der Waals surface area contributed by atoms with Gasteiger partial charge in [-0.2, -0.15) is 0 Å². The first kappa shape index (κ1) is 19.9. The Morgan fingerprint density at radius 1 is 1.22 bits per heavy atom. The number of hydrogen-bond acceptors (Lipinski definition) is 3. The zero-order valence-electron chi connectivity index (χ0n) is 15.4. The maximum Gasteiger partial charge on any atom is 0.191 e. The molecule has 1 aliphatic rings. The lowest BCUT2D eigenvalue weighted by atomic mass is 10.3. The van der Waals surface area contributed by atoms with E-state index in [0.29, 0.717) is 18.3 Å². The highest BCUT2D eigenvalue weighted by atomic mass is 79.9. The quantitative estimate of drug-likeness (QED) is 0.526. The lowest BCUT2D eigenvalue weighted by molar-refractivity contribution is 0.650. The van der Waals surface area contributed by atoms with Crippen molar-refractivity contribution in [3.63, 3.8) is 0 Å². The molecule has 2 aromatic carbocycles. The minimum absolute atomic E-state index is 0.347. The van der Waals surface area contributed by atoms with E-state index in [2.05, 4.69) is 60.7 Å². The Bertz CT molecular complexity index is 782. The summed E-state index contributed by atoms with van der Waals surface area (Å²) in [7, 11) is 0.773. The monoisotopic (exact) mass is 448 g/mol. The zero-order chi connectivity index (χ0) is 19.1. The molecule has 7 heteroatoms. The van der Waals surface area contributed by atoms with Crippen molar-refractivity contribution in [3.8, 4) is 0 Å². The highest BCUT2D eigenvalue weighted by molar-refractivity contribution is 9.10. The summed E-state index contributed by atoms with van der Waals surface area (Å²) >= 11 is 3.48. The van der Waals surface area contributed by atoms with Gasteiger partial charge in [0.2, 0.25) is 0 Å². The summed E-state index contributed by atoms with van der Waals surface area (Å²) in [4.78, 5) is 7.54. The van der Waals surface area contributed by atoms with Crippen LogP contribution in [-0.2, 0) is 10.8 Å². The van der Waals surface area contributed by atoms with Crippen LogP contribution in [0.1, 0.15) is 6.42 Å². The molecule has 1 fully saturated rings. The van der Waals surface area contributed by atoms with Crippen LogP contribution >= 0.6 is 15.9 Å². The van der Waals surface area contributed by atoms with Crippen molar-refractivity contribution in [1.82, 2.24) is 10.6 Å². The first-order chi connectivity index (χ1) is 13.2. The fraction of sp³-hybridized carbons (Fsp3) is 0.350. The van der Waals surface area contributed by atoms with Crippen molar-refractivity contribution >= 4 is 38.4 Å². The lowest BCUT2D eigenvalue weighted by Crippen LogP contribution is -2.45. The van der Waals surface area contributed by atoms with E-state index in [9.17, 15) is 4.21 Å². The Labute approximate surface area is 171 Å². The maximum absolute atomic E-state index is 12.3. The second-order valence-electron chi connectivity index (χ2n) is 6.41. The van der Waals surface area contributed by atoms with Gasteiger partial charge in [0.1, 0.15) is 0 Å². The molecular weight excluding hydrogens is 424 g/mol. The Morgan fingerprint density at radius 3 is 2.67 bits per heavy atom. The SMILES string of the molecule is CN=C(NCCS(=O)c1ccccc1)NC1CCN(c2ccc(Br)cc2)C1. The van der Waals surface area contributed by atoms with Crippen molar-refractivity contribution in [2.75, 3.05) is 37.3 Å². The number of nitrogens with one attached hydrogen (secondary N) is 2. The summed E-state index contributed by atoms with van der Waals surface area (Å²) < 4.78 is 13.4. The smallest absolute Gasteiger partial charge is 0.191 e. The van der Waals surface area contributed by atoms with Crippen molar-refractivity contribution in [3.05, 3.63) is 59.1 Å². The highest BCUT2D eigenvalue weighted by Gasteiger charge is 2.23. The molecule has 3 rings (SSSR count). The average molecular weight is 449 g/mol. The van der Waals surface area contributed by atoms with E-state index in [1.165, 1.54) is 5.69 Å². The molecule has 2 aromatic rings. The van der Waals surface area contributed by atoms with Crippen LogP contribution in [0.25, 0.3) is 0 Å². The molecule has 0 radical (unpaired) electrons. The average Bonchev–Trinajstić information content (AvgIpc) is 3.17. The molecule has 0 bridgehead atoms. The molecule has 5 nitrogen and oxygen atoms in total. The van der Waals surface area contributed by atoms with Crippen LogP contribution in [0.3, 0.4) is 0 Å². The van der Waals surface area contributed by atoms with Gasteiger partial charge in [-0.15, -0.1) is 0 Å². The Balaban J connectivity index is 1.44. The van der Waals surface area contributed by atoms with Crippen molar-refractivity contribution in [1.29, 1.82) is 0 Å². The molecule has 1 saturated heterocycles. The van der Waals surface area contributed by atoms with Crippen molar-refractivity contribution in [2.24, 2.45) is 4.99 Å². The fourth-order valence-corrected chi connectivity index (χ4v) is 4.35. The number of aliphatic imine (C=N–C) groups is 1. The Hall–Kier alpha value is -1.86.